The summed E-state index contributed by atoms with van der Waals surface area (Å²) >= 11 is 0. The molecular weight excluding hydrogens is 325 g/mol. The zero-order chi connectivity index (χ0) is 18.0. The van der Waals surface area contributed by atoms with E-state index in [0.717, 1.165) is 5.56 Å². The molecule has 2 aromatic rings. The van der Waals surface area contributed by atoms with Gasteiger partial charge in [0.25, 0.3) is 0 Å². The molecule has 2 N–H and O–H groups in total. The molecule has 1 amide bonds. The van der Waals surface area contributed by atoms with Crippen molar-refractivity contribution in [3.63, 3.8) is 0 Å². The Bertz CT molecular complexity index is 830. The van der Waals surface area contributed by atoms with E-state index in [1.807, 2.05) is 0 Å². The summed E-state index contributed by atoms with van der Waals surface area (Å²) in [7, 11) is 1.40. The van der Waals surface area contributed by atoms with E-state index in [1.165, 1.54) is 25.3 Å². The van der Waals surface area contributed by atoms with Gasteiger partial charge in [0.05, 0.1) is 12.5 Å². The molecule has 0 heterocycles. The highest BCUT2D eigenvalue weighted by Gasteiger charge is 2.51. The van der Waals surface area contributed by atoms with Crippen LogP contribution >= 0.6 is 0 Å². The highest BCUT2D eigenvalue weighted by molar-refractivity contribution is 5.92. The Morgan fingerprint density at radius 1 is 1.24 bits per heavy atom. The van der Waals surface area contributed by atoms with Crippen molar-refractivity contribution in [2.45, 2.75) is 24.8 Å². The van der Waals surface area contributed by atoms with Crippen LogP contribution in [-0.2, 0) is 16.8 Å². The minimum Gasteiger partial charge on any atom is -0.496 e. The molecule has 0 spiro atoms. The summed E-state index contributed by atoms with van der Waals surface area (Å²) in [6.07, 6.45) is 1.37. The van der Waals surface area contributed by atoms with Crippen molar-refractivity contribution in [1.29, 1.82) is 0 Å². The normalized spacial score (nSPS) is 14.6. The predicted molar refractivity (Wildman–Crippen MR) is 89.1 cm³/mol. The van der Waals surface area contributed by atoms with Crippen LogP contribution in [0.3, 0.4) is 0 Å². The number of hydrogen-bond acceptors (Lipinski definition) is 3. The highest BCUT2D eigenvalue weighted by atomic mass is 19.1. The molecule has 6 heteroatoms. The molecule has 3 rings (SSSR count). The molecule has 0 radical (unpaired) electrons. The highest BCUT2D eigenvalue weighted by Crippen LogP contribution is 2.48. The zero-order valence-corrected chi connectivity index (χ0v) is 13.7. The maximum Gasteiger partial charge on any atom is 0.339 e. The van der Waals surface area contributed by atoms with Crippen molar-refractivity contribution in [3.05, 3.63) is 65.0 Å². The molecule has 130 valence electrons. The molecule has 0 saturated heterocycles. The summed E-state index contributed by atoms with van der Waals surface area (Å²) in [6.45, 7) is 0.242. The minimum absolute atomic E-state index is 0.0657. The smallest absolute Gasteiger partial charge is 0.339 e. The first-order valence-corrected chi connectivity index (χ1v) is 7.91. The third-order valence-corrected chi connectivity index (χ3v) is 4.51. The van der Waals surface area contributed by atoms with Gasteiger partial charge in [-0.3, -0.25) is 4.79 Å². The quantitative estimate of drug-likeness (QED) is 0.846. The summed E-state index contributed by atoms with van der Waals surface area (Å²) in [6, 6.07) is 10.8. The van der Waals surface area contributed by atoms with E-state index in [-0.39, 0.29) is 29.6 Å². The Kier molecular flexibility index (Phi) is 4.44. The van der Waals surface area contributed by atoms with Crippen LogP contribution in [0.2, 0.25) is 0 Å². The zero-order valence-electron chi connectivity index (χ0n) is 13.7. The van der Waals surface area contributed by atoms with E-state index in [1.54, 1.807) is 24.3 Å². The van der Waals surface area contributed by atoms with Crippen LogP contribution in [0.15, 0.2) is 42.5 Å². The lowest BCUT2D eigenvalue weighted by Gasteiger charge is -2.16. The number of nitrogens with one attached hydrogen (secondary N) is 1. The van der Waals surface area contributed by atoms with Crippen LogP contribution in [0.5, 0.6) is 5.75 Å². The summed E-state index contributed by atoms with van der Waals surface area (Å²) in [4.78, 5) is 23.7. The molecular formula is C19H18FNO4. The lowest BCUT2D eigenvalue weighted by Crippen LogP contribution is -2.34. The fourth-order valence-corrected chi connectivity index (χ4v) is 2.93. The van der Waals surface area contributed by atoms with Gasteiger partial charge in [0.1, 0.15) is 17.1 Å². The number of methoxy groups -OCH3 is 1. The van der Waals surface area contributed by atoms with Gasteiger partial charge in [0.2, 0.25) is 5.91 Å². The van der Waals surface area contributed by atoms with Crippen molar-refractivity contribution >= 4 is 11.9 Å². The lowest BCUT2D eigenvalue weighted by molar-refractivity contribution is -0.123. The number of carboxylic acid groups (broad SMARTS) is 1. The van der Waals surface area contributed by atoms with Gasteiger partial charge in [0, 0.05) is 6.54 Å². The largest absolute Gasteiger partial charge is 0.496 e. The summed E-state index contributed by atoms with van der Waals surface area (Å²) < 4.78 is 18.5. The van der Waals surface area contributed by atoms with Crippen molar-refractivity contribution in [3.8, 4) is 5.75 Å². The van der Waals surface area contributed by atoms with E-state index >= 15 is 0 Å². The lowest BCUT2D eigenvalue weighted by atomic mass is 9.95. The number of carboxylic acids is 1. The van der Waals surface area contributed by atoms with E-state index in [9.17, 15) is 14.0 Å². The van der Waals surface area contributed by atoms with Crippen LogP contribution in [0.25, 0.3) is 0 Å². The number of carbonyl (C=O) groups excluding carboxylic acids is 1. The first-order chi connectivity index (χ1) is 12.0. The van der Waals surface area contributed by atoms with Gasteiger partial charge in [-0.25, -0.2) is 9.18 Å². The molecule has 1 fully saturated rings. The second-order valence-electron chi connectivity index (χ2n) is 6.11. The molecule has 25 heavy (non-hydrogen) atoms. The molecule has 0 atom stereocenters. The number of amides is 1. The summed E-state index contributed by atoms with van der Waals surface area (Å²) in [5.41, 5.74) is 0.817. The molecule has 5 nitrogen and oxygen atoms in total. The number of hydrogen-bond donors (Lipinski definition) is 2. The molecule has 0 unspecified atom stereocenters. The Labute approximate surface area is 144 Å². The number of benzene rings is 2. The monoisotopic (exact) mass is 343 g/mol. The topological polar surface area (TPSA) is 75.6 Å². The van der Waals surface area contributed by atoms with Crippen LogP contribution in [-0.4, -0.2) is 24.1 Å². The second-order valence-corrected chi connectivity index (χ2v) is 6.11. The summed E-state index contributed by atoms with van der Waals surface area (Å²) in [5, 5.41) is 11.9. The fraction of sp³-hybridized carbons (Fsp3) is 0.263. The van der Waals surface area contributed by atoms with Crippen LogP contribution in [0, 0.1) is 5.82 Å². The molecule has 1 saturated carbocycles. The molecule has 2 aromatic carbocycles. The number of halogens is 1. The Morgan fingerprint density at radius 2 is 2.00 bits per heavy atom. The van der Waals surface area contributed by atoms with Crippen molar-refractivity contribution in [2.24, 2.45) is 0 Å². The second kappa shape index (κ2) is 6.55. The standard InChI is InChI=1S/C19H18FNO4/c1-25-16-9-12(5-6-15(16)17(22)23)11-21-18(24)19(7-8-19)13-3-2-4-14(20)10-13/h2-6,9-10H,7-8,11H2,1H3,(H,21,24)(H,22,23). The van der Waals surface area contributed by atoms with Gasteiger partial charge in [0.15, 0.2) is 0 Å². The number of ether oxygens (including phenoxy) is 1. The SMILES string of the molecule is COc1cc(CNC(=O)C2(c3cccc(F)c3)CC2)ccc1C(=O)O. The fourth-order valence-electron chi connectivity index (χ4n) is 2.93. The first kappa shape index (κ1) is 17.0. The van der Waals surface area contributed by atoms with Gasteiger partial charge < -0.3 is 15.2 Å². The van der Waals surface area contributed by atoms with Gasteiger partial charge in [-0.1, -0.05) is 18.2 Å². The molecule has 1 aliphatic rings. The van der Waals surface area contributed by atoms with E-state index in [2.05, 4.69) is 5.32 Å². The van der Waals surface area contributed by atoms with Gasteiger partial charge >= 0.3 is 5.97 Å². The maximum atomic E-state index is 13.4. The van der Waals surface area contributed by atoms with E-state index in [0.29, 0.717) is 18.4 Å². The average molecular weight is 343 g/mol. The molecule has 0 aromatic heterocycles. The first-order valence-electron chi connectivity index (χ1n) is 7.91. The van der Waals surface area contributed by atoms with Gasteiger partial charge in [-0.15, -0.1) is 0 Å². The minimum atomic E-state index is -1.07. The van der Waals surface area contributed by atoms with Crippen molar-refractivity contribution in [2.75, 3.05) is 7.11 Å². The Morgan fingerprint density at radius 3 is 2.60 bits per heavy atom. The predicted octanol–water partition coefficient (Wildman–Crippen LogP) is 2.88. The van der Waals surface area contributed by atoms with E-state index < -0.39 is 11.4 Å². The third kappa shape index (κ3) is 3.33. The van der Waals surface area contributed by atoms with Crippen LogP contribution in [0.1, 0.15) is 34.3 Å². The Balaban J connectivity index is 1.71. The number of carbonyl (C=O) groups is 2. The van der Waals surface area contributed by atoms with Crippen molar-refractivity contribution in [1.82, 2.24) is 5.32 Å². The molecule has 1 aliphatic carbocycles. The maximum absolute atomic E-state index is 13.4. The van der Waals surface area contributed by atoms with Crippen LogP contribution in [0.4, 0.5) is 4.39 Å². The van der Waals surface area contributed by atoms with Crippen molar-refractivity contribution < 1.29 is 23.8 Å². The van der Waals surface area contributed by atoms with Crippen LogP contribution < -0.4 is 10.1 Å². The van der Waals surface area contributed by atoms with Gasteiger partial charge in [-0.05, 0) is 48.2 Å². The van der Waals surface area contributed by atoms with Gasteiger partial charge in [-0.2, -0.15) is 0 Å². The van der Waals surface area contributed by atoms with E-state index in [4.69, 9.17) is 9.84 Å². The Hall–Kier alpha value is -2.89. The third-order valence-electron chi connectivity index (χ3n) is 4.51. The average Bonchev–Trinajstić information content (AvgIpc) is 3.41. The summed E-state index contributed by atoms with van der Waals surface area (Å²) in [5.74, 6) is -1.34. The molecule has 0 bridgehead atoms. The molecule has 0 aliphatic heterocycles. The number of aromatic carboxylic acids is 1. The number of rotatable bonds is 6.